The van der Waals surface area contributed by atoms with E-state index in [1.165, 1.54) is 18.5 Å². The number of esters is 1. The predicted molar refractivity (Wildman–Crippen MR) is 111 cm³/mol. The highest BCUT2D eigenvalue weighted by atomic mass is 16.5. The highest BCUT2D eigenvalue weighted by Crippen LogP contribution is 2.21. The molecule has 0 spiro atoms. The Bertz CT molecular complexity index is 1050. The quantitative estimate of drug-likeness (QED) is 0.269. The Kier molecular flexibility index (Phi) is 6.17. The van der Waals surface area contributed by atoms with Crippen molar-refractivity contribution >= 4 is 17.5 Å². The maximum absolute atomic E-state index is 12.5. The average Bonchev–Trinajstić information content (AvgIpc) is 3.18. The van der Waals surface area contributed by atoms with Crippen LogP contribution >= 0.6 is 0 Å². The zero-order chi connectivity index (χ0) is 21.7. The molecule has 0 bridgehead atoms. The summed E-state index contributed by atoms with van der Waals surface area (Å²) in [6.45, 7) is 2.02. The van der Waals surface area contributed by atoms with Crippen LogP contribution < -0.4 is 0 Å². The summed E-state index contributed by atoms with van der Waals surface area (Å²) in [5, 5.41) is 21.9. The highest BCUT2D eigenvalue weighted by molar-refractivity contribution is 6.19. The van der Waals surface area contributed by atoms with Gasteiger partial charge in [0.15, 0.2) is 11.6 Å². The number of carbonyl (C=O) groups excluding carboxylic acids is 2. The van der Waals surface area contributed by atoms with Crippen LogP contribution in [0.3, 0.4) is 0 Å². The molecule has 0 aliphatic carbocycles. The van der Waals surface area contributed by atoms with Crippen molar-refractivity contribution in [3.8, 4) is 17.1 Å². The number of aromatic nitrogens is 3. The molecule has 0 fully saturated rings. The van der Waals surface area contributed by atoms with Gasteiger partial charge < -0.3 is 15.3 Å². The fourth-order valence-electron chi connectivity index (χ4n) is 2.88. The first kappa shape index (κ1) is 20.7. The van der Waals surface area contributed by atoms with E-state index in [9.17, 15) is 14.7 Å². The number of nitrogens with one attached hydrogen (secondary N) is 1. The lowest BCUT2D eigenvalue weighted by Crippen LogP contribution is -2.16. The van der Waals surface area contributed by atoms with Crippen LogP contribution in [0.25, 0.3) is 17.1 Å². The van der Waals surface area contributed by atoms with Gasteiger partial charge in [-0.2, -0.15) is 0 Å². The van der Waals surface area contributed by atoms with Crippen LogP contribution in [0.15, 0.2) is 72.0 Å². The Labute approximate surface area is 173 Å². The van der Waals surface area contributed by atoms with Crippen molar-refractivity contribution in [3.63, 3.8) is 0 Å². The van der Waals surface area contributed by atoms with Gasteiger partial charge in [-0.3, -0.25) is 4.79 Å². The number of nitrogens with zero attached hydrogens (tertiary/aromatic N) is 3. The number of para-hydroxylation sites is 1. The number of aliphatic hydroxyl groups is 1. The number of benzene rings is 2. The first-order chi connectivity index (χ1) is 14.4. The summed E-state index contributed by atoms with van der Waals surface area (Å²) in [6.07, 6.45) is 0. The first-order valence-electron chi connectivity index (χ1n) is 9.12. The summed E-state index contributed by atoms with van der Waals surface area (Å²) in [7, 11) is 0. The number of aliphatic hydroxyl groups excluding tert-OH is 1. The number of ketones is 1. The maximum atomic E-state index is 12.5. The SMILES string of the molecule is CC(=N)/C(C(C)=O)=C(/O)COC(=O)c1nc(-c2ccccc2)n(-c2ccccc2)n1. The van der Waals surface area contributed by atoms with Gasteiger partial charge in [0.05, 0.1) is 11.3 Å². The molecule has 1 aromatic heterocycles. The topological polar surface area (TPSA) is 118 Å². The summed E-state index contributed by atoms with van der Waals surface area (Å²) >= 11 is 0. The second kappa shape index (κ2) is 8.95. The smallest absolute Gasteiger partial charge is 0.378 e. The van der Waals surface area contributed by atoms with E-state index in [1.54, 1.807) is 0 Å². The number of hydrogen-bond acceptors (Lipinski definition) is 7. The molecule has 3 aromatic rings. The molecule has 3 rings (SSSR count). The van der Waals surface area contributed by atoms with E-state index in [4.69, 9.17) is 10.1 Å². The zero-order valence-electron chi connectivity index (χ0n) is 16.5. The summed E-state index contributed by atoms with van der Waals surface area (Å²) in [5.74, 6) is -1.59. The van der Waals surface area contributed by atoms with Crippen LogP contribution in [0.1, 0.15) is 24.5 Å². The Balaban J connectivity index is 1.92. The lowest BCUT2D eigenvalue weighted by atomic mass is 10.1. The van der Waals surface area contributed by atoms with Crippen molar-refractivity contribution in [1.82, 2.24) is 14.8 Å². The molecule has 0 saturated heterocycles. The van der Waals surface area contributed by atoms with Gasteiger partial charge in [-0.15, -0.1) is 5.10 Å². The van der Waals surface area contributed by atoms with Crippen molar-refractivity contribution in [2.45, 2.75) is 13.8 Å². The number of carbonyl (C=O) groups is 2. The molecule has 0 unspecified atom stereocenters. The van der Waals surface area contributed by atoms with Crippen LogP contribution in [0.2, 0.25) is 0 Å². The third-order valence-electron chi connectivity index (χ3n) is 4.18. The lowest BCUT2D eigenvalue weighted by Gasteiger charge is -2.07. The number of allylic oxidation sites excluding steroid dienone is 1. The molecule has 0 saturated carbocycles. The minimum atomic E-state index is -0.862. The van der Waals surface area contributed by atoms with Gasteiger partial charge >= 0.3 is 5.97 Å². The molecule has 0 amide bonds. The van der Waals surface area contributed by atoms with Crippen LogP contribution in [0, 0.1) is 5.41 Å². The van der Waals surface area contributed by atoms with Gasteiger partial charge in [-0.1, -0.05) is 48.5 Å². The van der Waals surface area contributed by atoms with Gasteiger partial charge in [0.2, 0.25) is 0 Å². The van der Waals surface area contributed by atoms with Crippen molar-refractivity contribution in [1.29, 1.82) is 5.41 Å². The van der Waals surface area contributed by atoms with Crippen LogP contribution in [-0.4, -0.2) is 43.9 Å². The first-order valence-corrected chi connectivity index (χ1v) is 9.12. The minimum absolute atomic E-state index is 0.117. The summed E-state index contributed by atoms with van der Waals surface area (Å²) in [4.78, 5) is 28.4. The van der Waals surface area contributed by atoms with Crippen molar-refractivity contribution < 1.29 is 19.4 Å². The summed E-state index contributed by atoms with van der Waals surface area (Å²) in [6, 6.07) is 18.5. The van der Waals surface area contributed by atoms with Gasteiger partial charge in [0.1, 0.15) is 12.4 Å². The van der Waals surface area contributed by atoms with Crippen molar-refractivity contribution in [3.05, 3.63) is 77.8 Å². The number of Topliss-reactive ketones (excluding diaryl/α,β-unsaturated/α-hetero) is 1. The third-order valence-corrected chi connectivity index (χ3v) is 4.18. The predicted octanol–water partition coefficient (Wildman–Crippen LogP) is 3.53. The minimum Gasteiger partial charge on any atom is -0.508 e. The number of ether oxygens (including phenoxy) is 1. The number of hydrogen-bond donors (Lipinski definition) is 2. The van der Waals surface area contributed by atoms with Crippen LogP contribution in [-0.2, 0) is 9.53 Å². The van der Waals surface area contributed by atoms with E-state index in [1.807, 2.05) is 60.7 Å². The Hall–Kier alpha value is -4.07. The van der Waals surface area contributed by atoms with Gasteiger partial charge in [-0.25, -0.2) is 14.5 Å². The molecular formula is C22H20N4O4. The molecule has 0 atom stereocenters. The zero-order valence-corrected chi connectivity index (χ0v) is 16.5. The van der Waals surface area contributed by atoms with Crippen molar-refractivity contribution in [2.75, 3.05) is 6.61 Å². The molecule has 0 aliphatic heterocycles. The molecule has 2 N–H and O–H groups in total. The second-order valence-electron chi connectivity index (χ2n) is 6.45. The van der Waals surface area contributed by atoms with E-state index in [-0.39, 0.29) is 17.1 Å². The van der Waals surface area contributed by atoms with Crippen molar-refractivity contribution in [2.24, 2.45) is 0 Å². The molecule has 30 heavy (non-hydrogen) atoms. The summed E-state index contributed by atoms with van der Waals surface area (Å²) in [5.41, 5.74) is 1.17. The van der Waals surface area contributed by atoms with E-state index in [2.05, 4.69) is 10.1 Å². The van der Waals surface area contributed by atoms with Gasteiger partial charge in [0, 0.05) is 11.3 Å². The van der Waals surface area contributed by atoms with Gasteiger partial charge in [0.25, 0.3) is 5.82 Å². The summed E-state index contributed by atoms with van der Waals surface area (Å²) < 4.78 is 6.61. The monoisotopic (exact) mass is 404 g/mol. The Morgan fingerprint density at radius 2 is 1.63 bits per heavy atom. The largest absolute Gasteiger partial charge is 0.508 e. The third kappa shape index (κ3) is 4.49. The molecule has 1 heterocycles. The molecule has 0 aliphatic rings. The Morgan fingerprint density at radius 1 is 1.03 bits per heavy atom. The molecule has 8 heteroatoms. The average molecular weight is 404 g/mol. The van der Waals surface area contributed by atoms with Gasteiger partial charge in [-0.05, 0) is 26.0 Å². The standard InChI is InChI=1S/C22H20N4O4/c1-14(23)19(15(2)27)18(28)13-30-22(29)20-24-21(16-9-5-3-6-10-16)26(25-20)17-11-7-4-8-12-17/h3-12,23,28H,13H2,1-2H3/b19-18-,23-14?. The van der Waals surface area contributed by atoms with E-state index in [0.717, 1.165) is 5.56 Å². The Morgan fingerprint density at radius 3 is 2.20 bits per heavy atom. The van der Waals surface area contributed by atoms with E-state index >= 15 is 0 Å². The van der Waals surface area contributed by atoms with E-state index in [0.29, 0.717) is 11.5 Å². The second-order valence-corrected chi connectivity index (χ2v) is 6.45. The highest BCUT2D eigenvalue weighted by Gasteiger charge is 2.21. The maximum Gasteiger partial charge on any atom is 0.378 e. The van der Waals surface area contributed by atoms with Crippen LogP contribution in [0.4, 0.5) is 0 Å². The normalized spacial score (nSPS) is 11.5. The molecule has 152 valence electrons. The lowest BCUT2D eigenvalue weighted by molar-refractivity contribution is -0.113. The molecule has 2 aromatic carbocycles. The molecular weight excluding hydrogens is 384 g/mol. The molecule has 8 nitrogen and oxygen atoms in total. The molecule has 0 radical (unpaired) electrons. The van der Waals surface area contributed by atoms with E-state index < -0.39 is 24.1 Å². The number of rotatable bonds is 7. The van der Waals surface area contributed by atoms with Crippen LogP contribution in [0.5, 0.6) is 0 Å². The fraction of sp³-hybridized carbons (Fsp3) is 0.136. The fourth-order valence-corrected chi connectivity index (χ4v) is 2.88.